The van der Waals surface area contributed by atoms with Gasteiger partial charge in [0.05, 0.1) is 0 Å². The van der Waals surface area contributed by atoms with Crippen molar-refractivity contribution in [1.82, 2.24) is 10.2 Å². The summed E-state index contributed by atoms with van der Waals surface area (Å²) in [5.74, 6) is -0.593. The molecule has 9 nitrogen and oxygen atoms in total. The molecule has 0 bridgehead atoms. The van der Waals surface area contributed by atoms with E-state index in [-0.39, 0.29) is 21.3 Å². The molecule has 23 heavy (non-hydrogen) atoms. The van der Waals surface area contributed by atoms with Crippen LogP contribution < -0.4 is 15.4 Å². The van der Waals surface area contributed by atoms with E-state index in [0.717, 1.165) is 11.3 Å². The molecule has 3 N–H and O–H groups in total. The first-order valence-corrected chi connectivity index (χ1v) is 8.58. The van der Waals surface area contributed by atoms with Gasteiger partial charge >= 0.3 is 0 Å². The van der Waals surface area contributed by atoms with Crippen LogP contribution in [-0.4, -0.2) is 30.4 Å². The lowest BCUT2D eigenvalue weighted by Crippen LogP contribution is -2.13. The van der Waals surface area contributed by atoms with E-state index in [1.165, 1.54) is 26.0 Å². The molecular weight excluding hydrogens is 342 g/mol. The lowest BCUT2D eigenvalue weighted by molar-refractivity contribution is -0.115. The zero-order valence-corrected chi connectivity index (χ0v) is 13.8. The van der Waals surface area contributed by atoms with Gasteiger partial charge in [0.1, 0.15) is 0 Å². The number of rotatable bonds is 5. The Labute approximate surface area is 136 Å². The number of amides is 2. The summed E-state index contributed by atoms with van der Waals surface area (Å²) in [5.41, 5.74) is 0.847. The second-order valence-corrected chi connectivity index (χ2v) is 7.25. The van der Waals surface area contributed by atoms with Crippen LogP contribution >= 0.6 is 11.3 Å². The highest BCUT2D eigenvalue weighted by atomic mass is 32.2. The van der Waals surface area contributed by atoms with E-state index in [2.05, 4.69) is 25.6 Å². The highest BCUT2D eigenvalue weighted by Crippen LogP contribution is 2.23. The first-order chi connectivity index (χ1) is 10.8. The minimum atomic E-state index is -3.91. The quantitative estimate of drug-likeness (QED) is 0.692. The van der Waals surface area contributed by atoms with Crippen LogP contribution in [-0.2, 0) is 19.6 Å². The highest BCUT2D eigenvalue weighted by molar-refractivity contribution is 7.94. The van der Waals surface area contributed by atoms with E-state index >= 15 is 0 Å². The van der Waals surface area contributed by atoms with Crippen LogP contribution in [0.15, 0.2) is 28.6 Å². The Morgan fingerprint density at radius 3 is 2.09 bits per heavy atom. The summed E-state index contributed by atoms with van der Waals surface area (Å²) in [6, 6.07) is 6.11. The third-order valence-electron chi connectivity index (χ3n) is 2.38. The minimum absolute atomic E-state index is 0.0962. The number of hydrogen-bond donors (Lipinski definition) is 3. The second kappa shape index (κ2) is 6.71. The van der Waals surface area contributed by atoms with Crippen LogP contribution in [0, 0.1) is 0 Å². The predicted octanol–water partition coefficient (Wildman–Crippen LogP) is 1.26. The SMILES string of the molecule is CC(=O)Nc1ccc(NS(=O)(=O)c2nnc(NC(C)=O)s2)cc1. The lowest BCUT2D eigenvalue weighted by Gasteiger charge is -2.06. The fraction of sp³-hybridized carbons (Fsp3) is 0.167. The molecule has 0 saturated carbocycles. The maximum Gasteiger partial charge on any atom is 0.291 e. The number of hydrogen-bond acceptors (Lipinski definition) is 7. The van der Waals surface area contributed by atoms with Crippen molar-refractivity contribution in [3.63, 3.8) is 0 Å². The van der Waals surface area contributed by atoms with E-state index < -0.39 is 10.0 Å². The van der Waals surface area contributed by atoms with Gasteiger partial charge in [0.2, 0.25) is 16.9 Å². The van der Waals surface area contributed by atoms with Crippen molar-refractivity contribution in [1.29, 1.82) is 0 Å². The summed E-state index contributed by atoms with van der Waals surface area (Å²) in [6.45, 7) is 2.66. The van der Waals surface area contributed by atoms with Crippen LogP contribution in [0.5, 0.6) is 0 Å². The summed E-state index contributed by atoms with van der Waals surface area (Å²) in [4.78, 5) is 21.8. The molecule has 0 atom stereocenters. The molecule has 0 aliphatic carbocycles. The van der Waals surface area contributed by atoms with Gasteiger partial charge in [0, 0.05) is 25.2 Å². The van der Waals surface area contributed by atoms with Gasteiger partial charge in [-0.3, -0.25) is 14.3 Å². The predicted molar refractivity (Wildman–Crippen MR) is 85.8 cm³/mol. The average molecular weight is 355 g/mol. The van der Waals surface area contributed by atoms with Gasteiger partial charge in [-0.05, 0) is 24.3 Å². The zero-order chi connectivity index (χ0) is 17.0. The highest BCUT2D eigenvalue weighted by Gasteiger charge is 2.20. The third-order valence-corrected chi connectivity index (χ3v) is 4.96. The van der Waals surface area contributed by atoms with Crippen molar-refractivity contribution in [2.75, 3.05) is 15.4 Å². The van der Waals surface area contributed by atoms with Crippen molar-refractivity contribution >= 4 is 49.7 Å². The van der Waals surface area contributed by atoms with Gasteiger partial charge < -0.3 is 10.6 Å². The Morgan fingerprint density at radius 2 is 1.52 bits per heavy atom. The Hall–Kier alpha value is -2.53. The summed E-state index contributed by atoms with van der Waals surface area (Å²) in [7, 11) is -3.91. The van der Waals surface area contributed by atoms with Crippen molar-refractivity contribution in [2.24, 2.45) is 0 Å². The van der Waals surface area contributed by atoms with E-state index in [4.69, 9.17) is 0 Å². The molecule has 0 saturated heterocycles. The van der Waals surface area contributed by atoms with E-state index in [0.29, 0.717) is 11.4 Å². The van der Waals surface area contributed by atoms with Gasteiger partial charge in [0.25, 0.3) is 14.4 Å². The Kier molecular flexibility index (Phi) is 4.91. The van der Waals surface area contributed by atoms with Crippen LogP contribution in [0.2, 0.25) is 0 Å². The van der Waals surface area contributed by atoms with Crippen molar-refractivity contribution in [3.8, 4) is 0 Å². The maximum absolute atomic E-state index is 12.2. The van der Waals surface area contributed by atoms with E-state index in [9.17, 15) is 18.0 Å². The number of carbonyl (C=O) groups is 2. The normalized spacial score (nSPS) is 10.9. The molecule has 1 aromatic heterocycles. The fourth-order valence-electron chi connectivity index (χ4n) is 1.54. The van der Waals surface area contributed by atoms with Crippen molar-refractivity contribution < 1.29 is 18.0 Å². The van der Waals surface area contributed by atoms with Gasteiger partial charge in [-0.25, -0.2) is 0 Å². The lowest BCUT2D eigenvalue weighted by atomic mass is 10.3. The number of nitrogens with one attached hydrogen (secondary N) is 3. The molecule has 0 radical (unpaired) electrons. The number of nitrogens with zero attached hydrogens (tertiary/aromatic N) is 2. The first-order valence-electron chi connectivity index (χ1n) is 6.28. The van der Waals surface area contributed by atoms with Gasteiger partial charge in [-0.15, -0.1) is 10.2 Å². The zero-order valence-electron chi connectivity index (χ0n) is 12.2. The Morgan fingerprint density at radius 1 is 0.957 bits per heavy atom. The third kappa shape index (κ3) is 4.72. The molecule has 1 heterocycles. The molecule has 0 unspecified atom stereocenters. The average Bonchev–Trinajstić information content (AvgIpc) is 2.88. The fourth-order valence-corrected chi connectivity index (χ4v) is 3.55. The summed E-state index contributed by atoms with van der Waals surface area (Å²) in [6.07, 6.45) is 0. The summed E-state index contributed by atoms with van der Waals surface area (Å²) >= 11 is 0.737. The monoisotopic (exact) mass is 355 g/mol. The molecule has 2 amide bonds. The number of sulfonamides is 1. The summed E-state index contributed by atoms with van der Waals surface area (Å²) < 4.78 is 26.4. The molecule has 0 spiro atoms. The molecule has 122 valence electrons. The van der Waals surface area contributed by atoms with Crippen LogP contribution in [0.3, 0.4) is 0 Å². The molecule has 1 aromatic carbocycles. The molecule has 0 aliphatic rings. The molecule has 0 aliphatic heterocycles. The molecule has 0 fully saturated rings. The number of aromatic nitrogens is 2. The number of benzene rings is 1. The van der Waals surface area contributed by atoms with Crippen LogP contribution in [0.25, 0.3) is 0 Å². The van der Waals surface area contributed by atoms with E-state index in [1.54, 1.807) is 12.1 Å². The number of anilines is 3. The largest absolute Gasteiger partial charge is 0.326 e. The van der Waals surface area contributed by atoms with Crippen LogP contribution in [0.4, 0.5) is 16.5 Å². The van der Waals surface area contributed by atoms with Gasteiger partial charge in [0.15, 0.2) is 0 Å². The maximum atomic E-state index is 12.2. The Bertz CT molecular complexity index is 829. The number of carbonyl (C=O) groups excluding carboxylic acids is 2. The summed E-state index contributed by atoms with van der Waals surface area (Å²) in [5, 5.41) is 12.1. The second-order valence-electron chi connectivity index (χ2n) is 4.42. The molecule has 2 rings (SSSR count). The minimum Gasteiger partial charge on any atom is -0.326 e. The first kappa shape index (κ1) is 16.8. The van der Waals surface area contributed by atoms with Crippen molar-refractivity contribution in [3.05, 3.63) is 24.3 Å². The smallest absolute Gasteiger partial charge is 0.291 e. The van der Waals surface area contributed by atoms with Crippen LogP contribution in [0.1, 0.15) is 13.8 Å². The van der Waals surface area contributed by atoms with Gasteiger partial charge in [-0.1, -0.05) is 11.3 Å². The Balaban J connectivity index is 2.12. The molecule has 2 aromatic rings. The standard InChI is InChI=1S/C12H13N5O4S2/c1-7(18)13-9-3-5-10(6-4-9)17-23(20,21)12-16-15-11(22-12)14-8(2)19/h3-6,17H,1-2H3,(H,13,18)(H,14,15,19). The molecule has 11 heteroatoms. The molecular formula is C12H13N5O4S2. The van der Waals surface area contributed by atoms with Crippen molar-refractivity contribution in [2.45, 2.75) is 18.2 Å². The van der Waals surface area contributed by atoms with Gasteiger partial charge in [-0.2, -0.15) is 8.42 Å². The van der Waals surface area contributed by atoms with E-state index in [1.807, 2.05) is 0 Å². The topological polar surface area (TPSA) is 130 Å².